The highest BCUT2D eigenvalue weighted by Gasteiger charge is 2.30. The van der Waals surface area contributed by atoms with Crippen molar-refractivity contribution in [2.45, 2.75) is 36.9 Å². The zero-order valence-corrected chi connectivity index (χ0v) is 18.4. The Morgan fingerprint density at radius 1 is 1.13 bits per heavy atom. The molecule has 1 saturated carbocycles. The van der Waals surface area contributed by atoms with Crippen LogP contribution >= 0.6 is 23.1 Å². The van der Waals surface area contributed by atoms with Gasteiger partial charge in [0.2, 0.25) is 5.91 Å². The number of rotatable bonds is 7. The first-order valence-corrected chi connectivity index (χ1v) is 12.3. The van der Waals surface area contributed by atoms with Gasteiger partial charge < -0.3 is 9.47 Å². The minimum atomic E-state index is 0.175. The number of hydrogen-bond donors (Lipinski definition) is 0. The lowest BCUT2D eigenvalue weighted by molar-refractivity contribution is -0.127. The van der Waals surface area contributed by atoms with E-state index in [1.807, 2.05) is 11.0 Å². The van der Waals surface area contributed by atoms with Gasteiger partial charge in [-0.15, -0.1) is 21.5 Å². The van der Waals surface area contributed by atoms with Gasteiger partial charge in [-0.05, 0) is 41.8 Å². The van der Waals surface area contributed by atoms with Crippen LogP contribution in [0.2, 0.25) is 0 Å². The van der Waals surface area contributed by atoms with Crippen LogP contribution in [0.1, 0.15) is 41.6 Å². The summed E-state index contributed by atoms with van der Waals surface area (Å²) in [6.07, 6.45) is 6.26. The molecule has 0 saturated heterocycles. The van der Waals surface area contributed by atoms with E-state index >= 15 is 0 Å². The molecule has 30 heavy (non-hydrogen) atoms. The van der Waals surface area contributed by atoms with Crippen LogP contribution in [0.4, 0.5) is 0 Å². The number of aromatic nitrogens is 3. The maximum absolute atomic E-state index is 12.8. The van der Waals surface area contributed by atoms with Crippen LogP contribution in [0, 0.1) is 0 Å². The molecular formula is C23H24N4OS2. The third kappa shape index (κ3) is 4.37. The molecule has 3 aromatic rings. The minimum Gasteiger partial charge on any atom is -0.338 e. The van der Waals surface area contributed by atoms with Gasteiger partial charge in [-0.2, -0.15) is 0 Å². The summed E-state index contributed by atoms with van der Waals surface area (Å²) in [7, 11) is 0. The first kappa shape index (κ1) is 19.6. The molecule has 0 spiro atoms. The van der Waals surface area contributed by atoms with Crippen molar-refractivity contribution in [3.05, 3.63) is 70.2 Å². The molecule has 2 aromatic heterocycles. The molecule has 1 aliphatic heterocycles. The fourth-order valence-corrected chi connectivity index (χ4v) is 5.45. The Morgan fingerprint density at radius 2 is 2.00 bits per heavy atom. The van der Waals surface area contributed by atoms with E-state index < -0.39 is 0 Å². The van der Waals surface area contributed by atoms with Gasteiger partial charge >= 0.3 is 0 Å². The third-order valence-corrected chi connectivity index (χ3v) is 7.39. The first-order chi connectivity index (χ1) is 14.8. The molecule has 0 atom stereocenters. The SMILES string of the molecule is O=C(CSc1nnc(Cc2cccs2)n1C1CC1)N1CC=C(c2ccccc2)CC1. The van der Waals surface area contributed by atoms with Crippen molar-refractivity contribution >= 4 is 34.6 Å². The van der Waals surface area contributed by atoms with Gasteiger partial charge in [-0.25, -0.2) is 0 Å². The average Bonchev–Trinajstić information content (AvgIpc) is 3.34. The molecule has 5 nitrogen and oxygen atoms in total. The fourth-order valence-electron chi connectivity index (χ4n) is 3.82. The molecule has 1 amide bonds. The number of carbonyl (C=O) groups excluding carboxylic acids is 1. The van der Waals surface area contributed by atoms with Gasteiger partial charge in [-0.1, -0.05) is 54.2 Å². The van der Waals surface area contributed by atoms with Crippen LogP contribution < -0.4 is 0 Å². The highest BCUT2D eigenvalue weighted by atomic mass is 32.2. The maximum Gasteiger partial charge on any atom is 0.233 e. The zero-order chi connectivity index (χ0) is 20.3. The number of hydrogen-bond acceptors (Lipinski definition) is 5. The second-order valence-electron chi connectivity index (χ2n) is 7.73. The van der Waals surface area contributed by atoms with E-state index in [0.717, 1.165) is 30.4 Å². The van der Waals surface area contributed by atoms with Crippen molar-refractivity contribution in [3.63, 3.8) is 0 Å². The summed E-state index contributed by atoms with van der Waals surface area (Å²) in [6, 6.07) is 15.1. The van der Waals surface area contributed by atoms with Crippen molar-refractivity contribution in [1.29, 1.82) is 0 Å². The summed E-state index contributed by atoms with van der Waals surface area (Å²) in [6.45, 7) is 1.46. The Kier molecular flexibility index (Phi) is 5.73. The number of nitrogens with zero attached hydrogens (tertiary/aromatic N) is 4. The Bertz CT molecular complexity index is 1040. The van der Waals surface area contributed by atoms with Gasteiger partial charge in [0.25, 0.3) is 0 Å². The van der Waals surface area contributed by atoms with Gasteiger partial charge in [0, 0.05) is 30.4 Å². The van der Waals surface area contributed by atoms with Gasteiger partial charge in [0.1, 0.15) is 5.82 Å². The molecule has 0 N–H and O–H groups in total. The van der Waals surface area contributed by atoms with Crippen molar-refractivity contribution < 1.29 is 4.79 Å². The van der Waals surface area contributed by atoms with Gasteiger partial charge in [0.05, 0.1) is 5.75 Å². The quantitative estimate of drug-likeness (QED) is 0.505. The molecule has 7 heteroatoms. The molecule has 1 aromatic carbocycles. The Balaban J connectivity index is 1.21. The molecule has 154 valence electrons. The van der Waals surface area contributed by atoms with Gasteiger partial charge in [-0.3, -0.25) is 4.79 Å². The van der Waals surface area contributed by atoms with Crippen LogP contribution in [-0.4, -0.2) is 44.4 Å². The van der Waals surface area contributed by atoms with Crippen LogP contribution in [0.3, 0.4) is 0 Å². The fraction of sp³-hybridized carbons (Fsp3) is 0.348. The summed E-state index contributed by atoms with van der Waals surface area (Å²) in [4.78, 5) is 16.0. The summed E-state index contributed by atoms with van der Waals surface area (Å²) in [5, 5.41) is 11.9. The molecule has 0 radical (unpaired) electrons. The van der Waals surface area contributed by atoms with Crippen molar-refractivity contribution in [2.75, 3.05) is 18.8 Å². The second kappa shape index (κ2) is 8.78. The van der Waals surface area contributed by atoms with E-state index in [1.54, 1.807) is 11.3 Å². The Morgan fingerprint density at radius 3 is 2.70 bits per heavy atom. The lowest BCUT2D eigenvalue weighted by Gasteiger charge is -2.26. The van der Waals surface area contributed by atoms with E-state index in [2.05, 4.69) is 62.6 Å². The molecule has 0 bridgehead atoms. The topological polar surface area (TPSA) is 51.0 Å². The number of carbonyl (C=O) groups is 1. The number of benzene rings is 1. The van der Waals surface area contributed by atoms with Crippen molar-refractivity contribution in [3.8, 4) is 0 Å². The highest BCUT2D eigenvalue weighted by molar-refractivity contribution is 7.99. The summed E-state index contributed by atoms with van der Waals surface area (Å²) >= 11 is 3.28. The average molecular weight is 437 g/mol. The minimum absolute atomic E-state index is 0.175. The lowest BCUT2D eigenvalue weighted by atomic mass is 10.00. The summed E-state index contributed by atoms with van der Waals surface area (Å²) in [5.41, 5.74) is 2.59. The largest absolute Gasteiger partial charge is 0.338 e. The zero-order valence-electron chi connectivity index (χ0n) is 16.7. The smallest absolute Gasteiger partial charge is 0.233 e. The Hall–Kier alpha value is -2.38. The Labute approximate surface area is 184 Å². The number of thioether (sulfide) groups is 1. The predicted octanol–water partition coefficient (Wildman–Crippen LogP) is 4.67. The molecule has 1 fully saturated rings. The van der Waals surface area contributed by atoms with E-state index in [4.69, 9.17) is 0 Å². The molecule has 1 aliphatic carbocycles. The number of thiophene rings is 1. The van der Waals surface area contributed by atoms with E-state index in [1.165, 1.54) is 40.6 Å². The summed E-state index contributed by atoms with van der Waals surface area (Å²) < 4.78 is 2.27. The number of amides is 1. The van der Waals surface area contributed by atoms with E-state index in [0.29, 0.717) is 18.3 Å². The van der Waals surface area contributed by atoms with Crippen LogP contribution in [-0.2, 0) is 11.2 Å². The highest BCUT2D eigenvalue weighted by Crippen LogP contribution is 2.39. The van der Waals surface area contributed by atoms with Crippen LogP contribution in [0.25, 0.3) is 5.57 Å². The van der Waals surface area contributed by atoms with Gasteiger partial charge in [0.15, 0.2) is 5.16 Å². The molecular weight excluding hydrogens is 412 g/mol. The lowest BCUT2D eigenvalue weighted by Crippen LogP contribution is -2.35. The predicted molar refractivity (Wildman–Crippen MR) is 122 cm³/mol. The van der Waals surface area contributed by atoms with Crippen molar-refractivity contribution in [2.24, 2.45) is 0 Å². The van der Waals surface area contributed by atoms with E-state index in [9.17, 15) is 4.79 Å². The molecule has 5 rings (SSSR count). The van der Waals surface area contributed by atoms with Crippen LogP contribution in [0.5, 0.6) is 0 Å². The van der Waals surface area contributed by atoms with Crippen molar-refractivity contribution in [1.82, 2.24) is 19.7 Å². The van der Waals surface area contributed by atoms with E-state index in [-0.39, 0.29) is 5.91 Å². The monoisotopic (exact) mass is 436 g/mol. The maximum atomic E-state index is 12.8. The summed E-state index contributed by atoms with van der Waals surface area (Å²) in [5.74, 6) is 1.61. The first-order valence-electron chi connectivity index (χ1n) is 10.4. The third-order valence-electron chi connectivity index (χ3n) is 5.59. The normalized spacial score (nSPS) is 16.5. The molecule has 0 unspecified atom stereocenters. The second-order valence-corrected chi connectivity index (χ2v) is 9.70. The molecule has 3 heterocycles. The molecule has 2 aliphatic rings. The van der Waals surface area contributed by atoms with Crippen LogP contribution in [0.15, 0.2) is 59.1 Å². The standard InChI is InChI=1S/C23H24N4OS2/c28-22(26-12-10-18(11-13-26)17-5-2-1-3-6-17)16-30-23-25-24-21(27(23)19-8-9-19)15-20-7-4-14-29-20/h1-7,10,14,19H,8-9,11-13,15-16H2.